The smallest absolute Gasteiger partial charge is 0.419 e. The second-order valence-corrected chi connectivity index (χ2v) is 6.31. The third-order valence-corrected chi connectivity index (χ3v) is 2.84. The minimum Gasteiger partial charge on any atom is -0.462 e. The Labute approximate surface area is 148 Å². The topological polar surface area (TPSA) is 94.6 Å². The van der Waals surface area contributed by atoms with Crippen molar-refractivity contribution in [2.24, 2.45) is 0 Å². The summed E-state index contributed by atoms with van der Waals surface area (Å²) in [4.78, 5) is 37.9. The highest BCUT2D eigenvalue weighted by Crippen LogP contribution is 2.29. The van der Waals surface area contributed by atoms with Gasteiger partial charge in [-0.05, 0) is 6.92 Å². The molecule has 0 saturated heterocycles. The second kappa shape index (κ2) is 7.96. The van der Waals surface area contributed by atoms with E-state index >= 15 is 0 Å². The van der Waals surface area contributed by atoms with Crippen LogP contribution in [-0.4, -0.2) is 33.4 Å². The van der Waals surface area contributed by atoms with E-state index in [2.05, 4.69) is 14.5 Å². The summed E-state index contributed by atoms with van der Waals surface area (Å²) in [7, 11) is 0. The van der Waals surface area contributed by atoms with Gasteiger partial charge in [-0.25, -0.2) is 23.8 Å². The van der Waals surface area contributed by atoms with Crippen molar-refractivity contribution in [3.8, 4) is 0 Å². The summed E-state index contributed by atoms with van der Waals surface area (Å²) in [5.74, 6) is -3.76. The van der Waals surface area contributed by atoms with Gasteiger partial charge in [0.2, 0.25) is 0 Å². The van der Waals surface area contributed by atoms with Gasteiger partial charge >= 0.3 is 18.0 Å². The lowest BCUT2D eigenvalue weighted by molar-refractivity contribution is -0.135. The van der Waals surface area contributed by atoms with Gasteiger partial charge in [0.1, 0.15) is 5.56 Å². The highest BCUT2D eigenvalue weighted by atomic mass is 35.6. The molecule has 1 aromatic rings. The van der Waals surface area contributed by atoms with Gasteiger partial charge < -0.3 is 9.47 Å². The van der Waals surface area contributed by atoms with Gasteiger partial charge in [-0.1, -0.05) is 46.4 Å². The Morgan fingerprint density at radius 2 is 1.96 bits per heavy atom. The van der Waals surface area contributed by atoms with E-state index in [9.17, 15) is 18.8 Å². The fraction of sp³-hybridized carbons (Fsp3) is 0.273. The normalized spacial score (nSPS) is 10.9. The number of ether oxygens (including phenoxy) is 2. The van der Waals surface area contributed by atoms with E-state index in [1.807, 2.05) is 0 Å². The van der Waals surface area contributed by atoms with Crippen LogP contribution >= 0.6 is 46.4 Å². The zero-order chi connectivity index (χ0) is 17.8. The molecule has 12 heteroatoms. The van der Waals surface area contributed by atoms with E-state index in [1.165, 1.54) is 6.92 Å². The van der Waals surface area contributed by atoms with E-state index in [4.69, 9.17) is 46.4 Å². The average molecular weight is 408 g/mol. The third-order valence-electron chi connectivity index (χ3n) is 2.12. The molecule has 0 saturated carbocycles. The van der Waals surface area contributed by atoms with Gasteiger partial charge in [0.25, 0.3) is 3.79 Å². The first-order valence-electron chi connectivity index (χ1n) is 5.69. The Hall–Kier alpha value is -1.35. The van der Waals surface area contributed by atoms with E-state index in [0.29, 0.717) is 0 Å². The van der Waals surface area contributed by atoms with Gasteiger partial charge in [0.15, 0.2) is 11.0 Å². The second-order valence-electron chi connectivity index (χ2n) is 3.67. The molecular formula is C11H7Cl4FN2O5. The number of carbonyl (C=O) groups excluding carboxylic acids is 3. The molecule has 0 spiro atoms. The van der Waals surface area contributed by atoms with Crippen molar-refractivity contribution in [2.75, 3.05) is 11.9 Å². The molecule has 126 valence electrons. The highest BCUT2D eigenvalue weighted by molar-refractivity contribution is 6.75. The van der Waals surface area contributed by atoms with Crippen LogP contribution in [0.15, 0.2) is 6.20 Å². The Bertz CT molecular complexity index is 650. The van der Waals surface area contributed by atoms with Gasteiger partial charge in [-0.3, -0.25) is 5.32 Å². The number of anilines is 1. The van der Waals surface area contributed by atoms with Crippen LogP contribution in [0.1, 0.15) is 17.3 Å². The summed E-state index contributed by atoms with van der Waals surface area (Å²) in [5, 5.41) is 1.17. The van der Waals surface area contributed by atoms with Crippen molar-refractivity contribution >= 4 is 70.1 Å². The van der Waals surface area contributed by atoms with Crippen LogP contribution in [0.25, 0.3) is 0 Å². The van der Waals surface area contributed by atoms with E-state index in [0.717, 1.165) is 6.20 Å². The Morgan fingerprint density at radius 3 is 2.48 bits per heavy atom. The third kappa shape index (κ3) is 5.35. The van der Waals surface area contributed by atoms with Crippen molar-refractivity contribution in [3.05, 3.63) is 22.7 Å². The summed E-state index contributed by atoms with van der Waals surface area (Å²) >= 11 is 21.1. The quantitative estimate of drug-likeness (QED) is 0.356. The average Bonchev–Trinajstić information content (AvgIpc) is 2.43. The summed E-state index contributed by atoms with van der Waals surface area (Å²) in [6.45, 7) is 1.50. The van der Waals surface area contributed by atoms with Crippen LogP contribution in [-0.2, 0) is 14.3 Å². The van der Waals surface area contributed by atoms with Gasteiger partial charge in [0, 0.05) is 6.20 Å². The number of carbonyl (C=O) groups is 3. The van der Waals surface area contributed by atoms with Crippen LogP contribution in [0.3, 0.4) is 0 Å². The molecule has 0 aromatic carbocycles. The monoisotopic (exact) mass is 406 g/mol. The molecule has 0 unspecified atom stereocenters. The molecule has 0 aliphatic rings. The standard InChI is InChI=1S/C11H7Cl4FN2O5/c1-2-22-8(19)4-3-17-7(12)5(16)6(4)18-10(21)23-9(20)11(13,14)15/h3H,2H2,1H3,(H,17,18,21). The Morgan fingerprint density at radius 1 is 1.35 bits per heavy atom. The summed E-state index contributed by atoms with van der Waals surface area (Å²) in [5.41, 5.74) is -1.16. The van der Waals surface area contributed by atoms with Gasteiger partial charge in [-0.2, -0.15) is 0 Å². The number of rotatable bonds is 3. The maximum atomic E-state index is 14.0. The summed E-state index contributed by atoms with van der Waals surface area (Å²) < 4.78 is 20.3. The van der Waals surface area contributed by atoms with Crippen LogP contribution in [0, 0.1) is 5.82 Å². The van der Waals surface area contributed by atoms with E-state index in [-0.39, 0.29) is 6.61 Å². The molecule has 0 fully saturated rings. The van der Waals surface area contributed by atoms with E-state index in [1.54, 1.807) is 5.32 Å². The Balaban J connectivity index is 3.07. The first-order valence-corrected chi connectivity index (χ1v) is 7.20. The lowest BCUT2D eigenvalue weighted by Gasteiger charge is -2.13. The molecule has 0 radical (unpaired) electrons. The van der Waals surface area contributed by atoms with Crippen LogP contribution in [0.2, 0.25) is 5.15 Å². The zero-order valence-corrected chi connectivity index (χ0v) is 14.2. The van der Waals surface area contributed by atoms with Crippen molar-refractivity contribution in [2.45, 2.75) is 10.7 Å². The largest absolute Gasteiger partial charge is 0.462 e. The molecule has 23 heavy (non-hydrogen) atoms. The molecule has 1 N–H and O–H groups in total. The molecule has 0 bridgehead atoms. The Kier molecular flexibility index (Phi) is 6.82. The number of alkyl halides is 3. The number of hydrogen-bond acceptors (Lipinski definition) is 6. The number of pyridine rings is 1. The number of esters is 2. The highest BCUT2D eigenvalue weighted by Gasteiger charge is 2.35. The number of nitrogens with zero attached hydrogens (tertiary/aromatic N) is 1. The van der Waals surface area contributed by atoms with Crippen molar-refractivity contribution in [3.63, 3.8) is 0 Å². The van der Waals surface area contributed by atoms with Crippen LogP contribution < -0.4 is 5.32 Å². The van der Waals surface area contributed by atoms with Crippen LogP contribution in [0.5, 0.6) is 0 Å². The molecule has 1 amide bonds. The number of aromatic nitrogens is 1. The summed E-state index contributed by atoms with van der Waals surface area (Å²) in [6, 6.07) is 0. The molecular weight excluding hydrogens is 401 g/mol. The molecule has 1 rings (SSSR count). The van der Waals surface area contributed by atoms with Crippen molar-refractivity contribution < 1.29 is 28.2 Å². The minimum absolute atomic E-state index is 0.0152. The zero-order valence-electron chi connectivity index (χ0n) is 11.2. The predicted molar refractivity (Wildman–Crippen MR) is 80.6 cm³/mol. The lowest BCUT2D eigenvalue weighted by atomic mass is 10.2. The van der Waals surface area contributed by atoms with E-state index < -0.39 is 44.0 Å². The molecule has 0 aliphatic carbocycles. The molecule has 7 nitrogen and oxygen atoms in total. The fourth-order valence-corrected chi connectivity index (χ4v) is 1.48. The summed E-state index contributed by atoms with van der Waals surface area (Å²) in [6.07, 6.45) is -0.636. The number of hydrogen-bond donors (Lipinski definition) is 1. The minimum atomic E-state index is -2.52. The maximum absolute atomic E-state index is 14.0. The van der Waals surface area contributed by atoms with Crippen molar-refractivity contribution in [1.82, 2.24) is 4.98 Å². The first kappa shape index (κ1) is 19.7. The number of halogens is 5. The molecule has 1 heterocycles. The molecule has 0 aliphatic heterocycles. The van der Waals surface area contributed by atoms with Gasteiger partial charge in [0.05, 0.1) is 12.3 Å². The van der Waals surface area contributed by atoms with Gasteiger partial charge in [-0.15, -0.1) is 0 Å². The maximum Gasteiger partial charge on any atom is 0.419 e. The number of nitrogens with one attached hydrogen (secondary N) is 1. The van der Waals surface area contributed by atoms with Crippen molar-refractivity contribution in [1.29, 1.82) is 0 Å². The van der Waals surface area contributed by atoms with Crippen LogP contribution in [0.4, 0.5) is 14.9 Å². The number of amides is 1. The molecule has 1 aromatic heterocycles. The fourth-order valence-electron chi connectivity index (χ4n) is 1.22. The molecule has 0 atom stereocenters. The first-order chi connectivity index (χ1) is 10.6. The lowest BCUT2D eigenvalue weighted by Crippen LogP contribution is -2.28. The predicted octanol–water partition coefficient (Wildman–Crippen LogP) is 3.50. The SMILES string of the molecule is CCOC(=O)c1cnc(Cl)c(F)c1NC(=O)OC(=O)C(Cl)(Cl)Cl.